The van der Waals surface area contributed by atoms with Crippen molar-refractivity contribution in [1.29, 1.82) is 0 Å². The Kier molecular flexibility index (Phi) is 8.01. The summed E-state index contributed by atoms with van der Waals surface area (Å²) in [7, 11) is 0. The van der Waals surface area contributed by atoms with E-state index in [1.165, 1.54) is 37.9 Å². The zero-order chi connectivity index (χ0) is 13.5. The Labute approximate surface area is 129 Å². The molecule has 1 aromatic rings. The Morgan fingerprint density at radius 3 is 2.65 bits per heavy atom. The van der Waals surface area contributed by atoms with E-state index < -0.39 is 0 Å². The highest BCUT2D eigenvalue weighted by Gasteiger charge is 2.14. The molecule has 3 heteroatoms. The van der Waals surface area contributed by atoms with Gasteiger partial charge in [-0.3, -0.25) is 0 Å². The molecule has 1 aliphatic rings. The zero-order valence-electron chi connectivity index (χ0n) is 12.7. The maximum atomic E-state index is 6.04. The van der Waals surface area contributed by atoms with Gasteiger partial charge in [0.05, 0.1) is 6.61 Å². The fourth-order valence-corrected chi connectivity index (χ4v) is 2.74. The molecule has 0 saturated carbocycles. The number of benzene rings is 1. The minimum absolute atomic E-state index is 0. The lowest BCUT2D eigenvalue weighted by Gasteiger charge is -2.23. The Morgan fingerprint density at radius 1 is 1.25 bits per heavy atom. The maximum absolute atomic E-state index is 6.04. The van der Waals surface area contributed by atoms with Gasteiger partial charge in [-0.1, -0.05) is 32.0 Å². The van der Waals surface area contributed by atoms with Gasteiger partial charge >= 0.3 is 0 Å². The van der Waals surface area contributed by atoms with E-state index in [2.05, 4.69) is 43.4 Å². The highest BCUT2D eigenvalue weighted by atomic mass is 35.5. The molecule has 1 heterocycles. The van der Waals surface area contributed by atoms with Crippen LogP contribution in [0.4, 0.5) is 0 Å². The Morgan fingerprint density at radius 2 is 1.95 bits per heavy atom. The predicted octanol–water partition coefficient (Wildman–Crippen LogP) is 4.39. The molecule has 0 aliphatic carbocycles. The van der Waals surface area contributed by atoms with E-state index in [1.807, 2.05) is 0 Å². The standard InChI is InChI=1S/C17H27NO.ClH/c1-3-14(2)16-6-4-5-7-17(16)19-13-10-15-8-11-18-12-9-15;/h4-7,14-15,18H,3,8-13H2,1-2H3;1H. The van der Waals surface area contributed by atoms with Crippen LogP contribution < -0.4 is 10.1 Å². The smallest absolute Gasteiger partial charge is 0.122 e. The SMILES string of the molecule is CCC(C)c1ccccc1OCCC1CCNCC1.Cl. The molecule has 1 unspecified atom stereocenters. The summed E-state index contributed by atoms with van der Waals surface area (Å²) in [5, 5.41) is 3.41. The molecule has 0 radical (unpaired) electrons. The van der Waals surface area contributed by atoms with Crippen LogP contribution in [0.2, 0.25) is 0 Å². The van der Waals surface area contributed by atoms with E-state index in [9.17, 15) is 0 Å². The molecule has 2 nitrogen and oxygen atoms in total. The minimum Gasteiger partial charge on any atom is -0.493 e. The van der Waals surface area contributed by atoms with Gasteiger partial charge in [-0.15, -0.1) is 12.4 Å². The number of rotatable bonds is 6. The van der Waals surface area contributed by atoms with E-state index >= 15 is 0 Å². The van der Waals surface area contributed by atoms with Crippen molar-refractivity contribution in [3.8, 4) is 5.75 Å². The third-order valence-electron chi connectivity index (χ3n) is 4.30. The van der Waals surface area contributed by atoms with Crippen molar-refractivity contribution in [1.82, 2.24) is 5.32 Å². The highest BCUT2D eigenvalue weighted by molar-refractivity contribution is 5.85. The van der Waals surface area contributed by atoms with Crippen molar-refractivity contribution in [2.45, 2.75) is 45.4 Å². The third-order valence-corrected chi connectivity index (χ3v) is 4.30. The molecule has 1 atom stereocenters. The summed E-state index contributed by atoms with van der Waals surface area (Å²) in [6.45, 7) is 7.71. The van der Waals surface area contributed by atoms with Crippen LogP contribution in [0.1, 0.15) is 51.0 Å². The maximum Gasteiger partial charge on any atom is 0.122 e. The molecule has 1 saturated heterocycles. The fourth-order valence-electron chi connectivity index (χ4n) is 2.74. The molecule has 1 aliphatic heterocycles. The normalized spacial score (nSPS) is 17.3. The van der Waals surface area contributed by atoms with Crippen molar-refractivity contribution in [3.05, 3.63) is 29.8 Å². The van der Waals surface area contributed by atoms with E-state index in [-0.39, 0.29) is 12.4 Å². The topological polar surface area (TPSA) is 21.3 Å². The number of piperidine rings is 1. The van der Waals surface area contributed by atoms with Gasteiger partial charge < -0.3 is 10.1 Å². The summed E-state index contributed by atoms with van der Waals surface area (Å²) < 4.78 is 6.04. The van der Waals surface area contributed by atoms with E-state index in [0.717, 1.165) is 24.7 Å². The minimum atomic E-state index is 0. The molecule has 0 spiro atoms. The van der Waals surface area contributed by atoms with Gasteiger partial charge in [-0.2, -0.15) is 0 Å². The van der Waals surface area contributed by atoms with Crippen LogP contribution in [0.5, 0.6) is 5.75 Å². The van der Waals surface area contributed by atoms with Gasteiger partial charge in [0, 0.05) is 0 Å². The molecule has 0 aromatic heterocycles. The molecule has 20 heavy (non-hydrogen) atoms. The van der Waals surface area contributed by atoms with Crippen molar-refractivity contribution < 1.29 is 4.74 Å². The first-order chi connectivity index (χ1) is 9.31. The molecule has 1 fully saturated rings. The van der Waals surface area contributed by atoms with Gasteiger partial charge in [0.2, 0.25) is 0 Å². The number of hydrogen-bond acceptors (Lipinski definition) is 2. The summed E-state index contributed by atoms with van der Waals surface area (Å²) in [5.74, 6) is 2.51. The summed E-state index contributed by atoms with van der Waals surface area (Å²) in [4.78, 5) is 0. The lowest BCUT2D eigenvalue weighted by atomic mass is 9.95. The number of halogens is 1. The molecular formula is C17H28ClNO. The Balaban J connectivity index is 0.00000200. The monoisotopic (exact) mass is 297 g/mol. The van der Waals surface area contributed by atoms with Crippen LogP contribution in [-0.2, 0) is 0 Å². The fraction of sp³-hybridized carbons (Fsp3) is 0.647. The van der Waals surface area contributed by atoms with Crippen molar-refractivity contribution >= 4 is 12.4 Å². The quantitative estimate of drug-likeness (QED) is 0.841. The number of para-hydroxylation sites is 1. The number of ether oxygens (including phenoxy) is 1. The summed E-state index contributed by atoms with van der Waals surface area (Å²) in [6, 6.07) is 8.50. The van der Waals surface area contributed by atoms with Gasteiger partial charge in [0.15, 0.2) is 0 Å². The largest absolute Gasteiger partial charge is 0.493 e. The van der Waals surface area contributed by atoms with Crippen LogP contribution in [-0.4, -0.2) is 19.7 Å². The summed E-state index contributed by atoms with van der Waals surface area (Å²) in [6.07, 6.45) is 4.96. The Bertz CT molecular complexity index is 377. The lowest BCUT2D eigenvalue weighted by Crippen LogP contribution is -2.28. The van der Waals surface area contributed by atoms with Crippen molar-refractivity contribution in [2.75, 3.05) is 19.7 Å². The first-order valence-electron chi connectivity index (χ1n) is 7.73. The summed E-state index contributed by atoms with van der Waals surface area (Å²) >= 11 is 0. The van der Waals surface area contributed by atoms with Crippen molar-refractivity contribution in [3.63, 3.8) is 0 Å². The average Bonchev–Trinajstić information content (AvgIpc) is 2.48. The van der Waals surface area contributed by atoms with Crippen LogP contribution in [0, 0.1) is 5.92 Å². The van der Waals surface area contributed by atoms with E-state index in [0.29, 0.717) is 5.92 Å². The van der Waals surface area contributed by atoms with Gasteiger partial charge in [-0.05, 0) is 62.2 Å². The van der Waals surface area contributed by atoms with Crippen LogP contribution in [0.15, 0.2) is 24.3 Å². The second-order valence-corrected chi connectivity index (χ2v) is 5.68. The first kappa shape index (κ1) is 17.3. The van der Waals surface area contributed by atoms with Crippen LogP contribution in [0.25, 0.3) is 0 Å². The molecule has 2 rings (SSSR count). The number of hydrogen-bond donors (Lipinski definition) is 1. The van der Waals surface area contributed by atoms with E-state index in [1.54, 1.807) is 0 Å². The molecule has 1 aromatic carbocycles. The molecule has 114 valence electrons. The van der Waals surface area contributed by atoms with Crippen molar-refractivity contribution in [2.24, 2.45) is 5.92 Å². The second-order valence-electron chi connectivity index (χ2n) is 5.68. The van der Waals surface area contributed by atoms with E-state index in [4.69, 9.17) is 4.74 Å². The Hall–Kier alpha value is -0.730. The molecule has 0 bridgehead atoms. The summed E-state index contributed by atoms with van der Waals surface area (Å²) in [5.41, 5.74) is 1.36. The molecule has 0 amide bonds. The van der Waals surface area contributed by atoms with Gasteiger partial charge in [0.25, 0.3) is 0 Å². The lowest BCUT2D eigenvalue weighted by molar-refractivity contribution is 0.249. The zero-order valence-corrected chi connectivity index (χ0v) is 13.5. The van der Waals surface area contributed by atoms with Gasteiger partial charge in [-0.25, -0.2) is 0 Å². The van der Waals surface area contributed by atoms with Crippen LogP contribution in [0.3, 0.4) is 0 Å². The molecular weight excluding hydrogens is 270 g/mol. The second kappa shape index (κ2) is 9.25. The average molecular weight is 298 g/mol. The van der Waals surface area contributed by atoms with Crippen LogP contribution >= 0.6 is 12.4 Å². The third kappa shape index (κ3) is 4.99. The predicted molar refractivity (Wildman–Crippen MR) is 88.1 cm³/mol. The molecule has 1 N–H and O–H groups in total. The number of nitrogens with one attached hydrogen (secondary N) is 1. The first-order valence-corrected chi connectivity index (χ1v) is 7.73. The highest BCUT2D eigenvalue weighted by Crippen LogP contribution is 2.28. The van der Waals surface area contributed by atoms with Gasteiger partial charge in [0.1, 0.15) is 5.75 Å².